The molecule has 5 nitrogen and oxygen atoms in total. The molecule has 0 bridgehead atoms. The summed E-state index contributed by atoms with van der Waals surface area (Å²) in [6.07, 6.45) is 6.05. The Labute approximate surface area is 170 Å². The zero-order valence-electron chi connectivity index (χ0n) is 16.4. The highest BCUT2D eigenvalue weighted by Gasteiger charge is 2.26. The number of hydrogen-bond acceptors (Lipinski definition) is 3. The quantitative estimate of drug-likeness (QED) is 0.719. The van der Waals surface area contributed by atoms with Crippen molar-refractivity contribution in [1.82, 2.24) is 9.78 Å². The summed E-state index contributed by atoms with van der Waals surface area (Å²) in [6, 6.07) is 18.8. The minimum atomic E-state index is -0.188. The average molecular weight is 387 g/mol. The van der Waals surface area contributed by atoms with Crippen molar-refractivity contribution in [3.05, 3.63) is 83.0 Å². The lowest BCUT2D eigenvalue weighted by atomic mass is 9.88. The highest BCUT2D eigenvalue weighted by molar-refractivity contribution is 5.90. The Morgan fingerprint density at radius 2 is 1.79 bits per heavy atom. The molecule has 2 atom stereocenters. The molecule has 148 valence electrons. The van der Waals surface area contributed by atoms with Crippen molar-refractivity contribution in [3.8, 4) is 0 Å². The Morgan fingerprint density at radius 1 is 1.03 bits per heavy atom. The summed E-state index contributed by atoms with van der Waals surface area (Å²) in [5.74, 6) is 0.707. The minimum absolute atomic E-state index is 0.0439. The van der Waals surface area contributed by atoms with Gasteiger partial charge in [-0.2, -0.15) is 5.10 Å². The number of carbonyl (C=O) groups is 1. The number of carbonyl (C=O) groups excluding carboxylic acids is 1. The summed E-state index contributed by atoms with van der Waals surface area (Å²) in [6.45, 7) is 0.658. The van der Waals surface area contributed by atoms with Crippen LogP contribution in [0.2, 0.25) is 0 Å². The van der Waals surface area contributed by atoms with E-state index in [9.17, 15) is 4.79 Å². The summed E-state index contributed by atoms with van der Waals surface area (Å²) in [4.78, 5) is 12.8. The van der Waals surface area contributed by atoms with E-state index >= 15 is 0 Å². The van der Waals surface area contributed by atoms with Gasteiger partial charge in [-0.05, 0) is 47.9 Å². The number of hydrogen-bond donors (Lipinski definition) is 1. The van der Waals surface area contributed by atoms with Crippen molar-refractivity contribution < 1.29 is 9.53 Å². The standard InChI is InChI=1S/C24H25N3O2/c28-24(16-22-20-10-4-2-7-18(20)13-15-29-22)26-23-12-14-25-27(23)21-11-5-8-17-6-1-3-9-19(17)21/h1-4,6-7,9-10,12,14,21-22H,5,8,11,13,15-16H2,(H,26,28). The maximum atomic E-state index is 12.8. The van der Waals surface area contributed by atoms with E-state index in [4.69, 9.17) is 4.74 Å². The first kappa shape index (κ1) is 18.1. The fourth-order valence-corrected chi connectivity index (χ4v) is 4.65. The monoisotopic (exact) mass is 387 g/mol. The second-order valence-corrected chi connectivity index (χ2v) is 7.83. The molecule has 0 fully saturated rings. The number of benzene rings is 2. The summed E-state index contributed by atoms with van der Waals surface area (Å²) < 4.78 is 7.87. The van der Waals surface area contributed by atoms with E-state index in [1.54, 1.807) is 6.20 Å². The van der Waals surface area contributed by atoms with Crippen LogP contribution in [0.1, 0.15) is 53.7 Å². The molecule has 5 heteroatoms. The number of aryl methyl sites for hydroxylation is 1. The third kappa shape index (κ3) is 3.58. The van der Waals surface area contributed by atoms with Gasteiger partial charge in [-0.25, -0.2) is 4.68 Å². The number of ether oxygens (including phenoxy) is 1. The van der Waals surface area contributed by atoms with Crippen LogP contribution in [0.4, 0.5) is 5.82 Å². The van der Waals surface area contributed by atoms with Crippen LogP contribution in [0.25, 0.3) is 0 Å². The van der Waals surface area contributed by atoms with Gasteiger partial charge in [0, 0.05) is 6.07 Å². The highest BCUT2D eigenvalue weighted by Crippen LogP contribution is 2.34. The molecule has 1 amide bonds. The van der Waals surface area contributed by atoms with E-state index in [0.717, 1.165) is 37.1 Å². The Hall–Kier alpha value is -2.92. The van der Waals surface area contributed by atoms with Crippen LogP contribution in [0, 0.1) is 0 Å². The molecular weight excluding hydrogens is 362 g/mol. The fraction of sp³-hybridized carbons (Fsp3) is 0.333. The summed E-state index contributed by atoms with van der Waals surface area (Å²) >= 11 is 0. The first-order valence-electron chi connectivity index (χ1n) is 10.4. The third-order valence-electron chi connectivity index (χ3n) is 6.03. The third-order valence-corrected chi connectivity index (χ3v) is 6.03. The molecule has 0 saturated heterocycles. The van der Waals surface area contributed by atoms with E-state index in [1.165, 1.54) is 16.7 Å². The van der Waals surface area contributed by atoms with Crippen LogP contribution in [-0.2, 0) is 22.4 Å². The smallest absolute Gasteiger partial charge is 0.228 e. The first-order valence-corrected chi connectivity index (χ1v) is 10.4. The number of fused-ring (bicyclic) bond motifs is 2. The molecule has 2 aliphatic rings. The molecule has 5 rings (SSSR count). The van der Waals surface area contributed by atoms with Crippen molar-refractivity contribution in [3.63, 3.8) is 0 Å². The molecular formula is C24H25N3O2. The van der Waals surface area contributed by atoms with Crippen molar-refractivity contribution in [1.29, 1.82) is 0 Å². The van der Waals surface area contributed by atoms with Crippen LogP contribution >= 0.6 is 0 Å². The Bertz CT molecular complexity index is 1030. The predicted molar refractivity (Wildman–Crippen MR) is 112 cm³/mol. The normalized spacial score (nSPS) is 20.6. The molecule has 0 radical (unpaired) electrons. The van der Waals surface area contributed by atoms with Crippen molar-refractivity contribution in [2.75, 3.05) is 11.9 Å². The molecule has 1 N–H and O–H groups in total. The second-order valence-electron chi connectivity index (χ2n) is 7.83. The Morgan fingerprint density at radius 3 is 2.66 bits per heavy atom. The molecule has 1 aromatic heterocycles. The van der Waals surface area contributed by atoms with Gasteiger partial charge in [-0.3, -0.25) is 4.79 Å². The molecule has 1 aliphatic heterocycles. The number of amides is 1. The van der Waals surface area contributed by atoms with E-state index < -0.39 is 0 Å². The highest BCUT2D eigenvalue weighted by atomic mass is 16.5. The molecule has 2 aromatic carbocycles. The summed E-state index contributed by atoms with van der Waals surface area (Å²) in [5, 5.41) is 7.62. The van der Waals surface area contributed by atoms with Gasteiger partial charge >= 0.3 is 0 Å². The van der Waals surface area contributed by atoms with Crippen LogP contribution in [0.15, 0.2) is 60.8 Å². The van der Waals surface area contributed by atoms with E-state index in [0.29, 0.717) is 13.0 Å². The van der Waals surface area contributed by atoms with Crippen LogP contribution < -0.4 is 5.32 Å². The lowest BCUT2D eigenvalue weighted by Gasteiger charge is -2.28. The van der Waals surface area contributed by atoms with Crippen molar-refractivity contribution in [2.45, 2.75) is 44.2 Å². The van der Waals surface area contributed by atoms with Gasteiger partial charge in [0.15, 0.2) is 0 Å². The van der Waals surface area contributed by atoms with Gasteiger partial charge in [0.2, 0.25) is 5.91 Å². The van der Waals surface area contributed by atoms with Gasteiger partial charge in [-0.1, -0.05) is 48.5 Å². The van der Waals surface area contributed by atoms with E-state index in [1.807, 2.05) is 22.9 Å². The summed E-state index contributed by atoms with van der Waals surface area (Å²) in [7, 11) is 0. The van der Waals surface area contributed by atoms with Gasteiger partial charge in [-0.15, -0.1) is 0 Å². The number of rotatable bonds is 4. The molecule has 29 heavy (non-hydrogen) atoms. The lowest BCUT2D eigenvalue weighted by Crippen LogP contribution is -2.25. The molecule has 2 heterocycles. The van der Waals surface area contributed by atoms with Gasteiger partial charge in [0.25, 0.3) is 0 Å². The molecule has 0 spiro atoms. The van der Waals surface area contributed by atoms with Crippen molar-refractivity contribution in [2.24, 2.45) is 0 Å². The zero-order valence-corrected chi connectivity index (χ0v) is 16.4. The largest absolute Gasteiger partial charge is 0.373 e. The molecule has 0 saturated carbocycles. The number of nitrogens with zero attached hydrogens (tertiary/aromatic N) is 2. The Kier molecular flexibility index (Phi) is 4.90. The zero-order chi connectivity index (χ0) is 19.6. The molecule has 2 unspecified atom stereocenters. The number of nitrogens with one attached hydrogen (secondary N) is 1. The van der Waals surface area contributed by atoms with Gasteiger partial charge < -0.3 is 10.1 Å². The van der Waals surface area contributed by atoms with E-state index in [2.05, 4.69) is 46.8 Å². The van der Waals surface area contributed by atoms with Crippen molar-refractivity contribution >= 4 is 11.7 Å². The van der Waals surface area contributed by atoms with Crippen LogP contribution in [0.5, 0.6) is 0 Å². The lowest BCUT2D eigenvalue weighted by molar-refractivity contribution is -0.119. The first-order chi connectivity index (χ1) is 14.3. The second kappa shape index (κ2) is 7.84. The number of anilines is 1. The fourth-order valence-electron chi connectivity index (χ4n) is 4.65. The SMILES string of the molecule is O=C(CC1OCCc2ccccc21)Nc1ccnn1C1CCCc2ccccc21. The minimum Gasteiger partial charge on any atom is -0.373 e. The average Bonchev–Trinajstić information content (AvgIpc) is 3.21. The number of aromatic nitrogens is 2. The summed E-state index contributed by atoms with van der Waals surface area (Å²) in [5.41, 5.74) is 5.09. The predicted octanol–water partition coefficient (Wildman–Crippen LogP) is 4.45. The van der Waals surface area contributed by atoms with Gasteiger partial charge in [0.1, 0.15) is 5.82 Å². The van der Waals surface area contributed by atoms with Crippen LogP contribution in [0.3, 0.4) is 0 Å². The Balaban J connectivity index is 1.33. The molecule has 3 aromatic rings. The van der Waals surface area contributed by atoms with Gasteiger partial charge in [0.05, 0.1) is 31.4 Å². The maximum absolute atomic E-state index is 12.8. The molecule has 1 aliphatic carbocycles. The topological polar surface area (TPSA) is 56.1 Å². The van der Waals surface area contributed by atoms with Crippen LogP contribution in [-0.4, -0.2) is 22.3 Å². The van der Waals surface area contributed by atoms with E-state index in [-0.39, 0.29) is 18.1 Å². The maximum Gasteiger partial charge on any atom is 0.228 e.